The fraction of sp³-hybridized carbons (Fsp3) is 0.579. The summed E-state index contributed by atoms with van der Waals surface area (Å²) in [7, 11) is 0. The summed E-state index contributed by atoms with van der Waals surface area (Å²) in [6.45, 7) is 5.82. The highest BCUT2D eigenvalue weighted by atomic mass is 16.5. The lowest BCUT2D eigenvalue weighted by atomic mass is 9.87. The van der Waals surface area contributed by atoms with Gasteiger partial charge in [-0.3, -0.25) is 9.78 Å². The molecule has 27 heavy (non-hydrogen) atoms. The molecule has 1 fully saturated rings. The number of nitrogens with one attached hydrogen (secondary N) is 1. The zero-order valence-electron chi connectivity index (χ0n) is 15.8. The third-order valence-electron chi connectivity index (χ3n) is 5.38. The Morgan fingerprint density at radius 2 is 2.22 bits per heavy atom. The van der Waals surface area contributed by atoms with Gasteiger partial charge in [0.1, 0.15) is 6.10 Å². The average molecular weight is 371 g/mol. The number of carbonyl (C=O) groups excluding carboxylic acids is 1. The van der Waals surface area contributed by atoms with E-state index in [1.54, 1.807) is 23.3 Å². The van der Waals surface area contributed by atoms with Gasteiger partial charge >= 0.3 is 0 Å². The second kappa shape index (κ2) is 6.69. The molecule has 4 rings (SSSR count). The van der Waals surface area contributed by atoms with Gasteiger partial charge in [0.15, 0.2) is 11.5 Å². The zero-order chi connectivity index (χ0) is 19.2. The smallest absolute Gasteiger partial charge is 0.272 e. The van der Waals surface area contributed by atoms with E-state index >= 15 is 0 Å². The quantitative estimate of drug-likeness (QED) is 0.846. The number of carbonyl (C=O) groups is 1. The van der Waals surface area contributed by atoms with Crippen molar-refractivity contribution in [2.75, 3.05) is 6.61 Å². The maximum atomic E-state index is 13.0. The first kappa shape index (κ1) is 18.1. The summed E-state index contributed by atoms with van der Waals surface area (Å²) >= 11 is 0. The maximum Gasteiger partial charge on any atom is 0.272 e. The van der Waals surface area contributed by atoms with Crippen LogP contribution in [0.1, 0.15) is 61.5 Å². The predicted molar refractivity (Wildman–Crippen MR) is 97.5 cm³/mol. The van der Waals surface area contributed by atoms with Crippen molar-refractivity contribution in [1.29, 1.82) is 0 Å². The number of aromatic nitrogens is 4. The van der Waals surface area contributed by atoms with Crippen molar-refractivity contribution < 1.29 is 14.6 Å². The van der Waals surface area contributed by atoms with Gasteiger partial charge in [-0.1, -0.05) is 20.8 Å². The molecule has 0 aliphatic carbocycles. The molecule has 2 bridgehead atoms. The number of aliphatic hydroxyl groups excluding tert-OH is 1. The SMILES string of the molecule is CC(C)(C)[C@@H](CO)NC(=O)c1nn(-c2cnccn2)c2c1CC1CCC2O1. The van der Waals surface area contributed by atoms with E-state index in [0.717, 1.165) is 24.1 Å². The van der Waals surface area contributed by atoms with Crippen LogP contribution in [0.25, 0.3) is 5.82 Å². The molecule has 8 heteroatoms. The molecule has 1 amide bonds. The Bertz CT molecular complexity index is 843. The minimum absolute atomic E-state index is 0.0777. The van der Waals surface area contributed by atoms with E-state index in [1.807, 2.05) is 20.8 Å². The van der Waals surface area contributed by atoms with Gasteiger partial charge in [-0.05, 0) is 18.3 Å². The van der Waals surface area contributed by atoms with Crippen LogP contribution in [0, 0.1) is 5.41 Å². The van der Waals surface area contributed by atoms with Gasteiger partial charge < -0.3 is 15.2 Å². The van der Waals surface area contributed by atoms with Gasteiger partial charge in [0.25, 0.3) is 5.91 Å². The van der Waals surface area contributed by atoms with Crippen LogP contribution in [-0.2, 0) is 11.2 Å². The number of rotatable bonds is 4. The van der Waals surface area contributed by atoms with Crippen molar-refractivity contribution in [2.45, 2.75) is 58.3 Å². The summed E-state index contributed by atoms with van der Waals surface area (Å²) < 4.78 is 7.74. The molecule has 0 spiro atoms. The Kier molecular flexibility index (Phi) is 4.47. The third-order valence-corrected chi connectivity index (χ3v) is 5.38. The van der Waals surface area contributed by atoms with Crippen molar-refractivity contribution in [3.63, 3.8) is 0 Å². The summed E-state index contributed by atoms with van der Waals surface area (Å²) in [6, 6.07) is -0.362. The minimum atomic E-state index is -0.362. The Labute approximate surface area is 158 Å². The highest BCUT2D eigenvalue weighted by Crippen LogP contribution is 2.42. The molecule has 2 unspecified atom stereocenters. The second-order valence-corrected chi connectivity index (χ2v) is 8.29. The van der Waals surface area contributed by atoms with Crippen LogP contribution in [0.4, 0.5) is 0 Å². The highest BCUT2D eigenvalue weighted by Gasteiger charge is 2.41. The zero-order valence-corrected chi connectivity index (χ0v) is 15.8. The largest absolute Gasteiger partial charge is 0.394 e. The van der Waals surface area contributed by atoms with Gasteiger partial charge in [-0.2, -0.15) is 5.10 Å². The molecular formula is C19H25N5O3. The third kappa shape index (κ3) is 3.23. The number of hydrogen-bond acceptors (Lipinski definition) is 6. The Morgan fingerprint density at radius 3 is 2.89 bits per heavy atom. The summed E-state index contributed by atoms with van der Waals surface area (Å²) in [5.74, 6) is 0.292. The van der Waals surface area contributed by atoms with E-state index in [1.165, 1.54) is 0 Å². The van der Waals surface area contributed by atoms with Crippen LogP contribution in [0.3, 0.4) is 0 Å². The first-order valence-electron chi connectivity index (χ1n) is 9.34. The molecule has 2 aliphatic rings. The monoisotopic (exact) mass is 371 g/mol. The summed E-state index contributed by atoms with van der Waals surface area (Å²) in [5, 5.41) is 17.2. The minimum Gasteiger partial charge on any atom is -0.394 e. The van der Waals surface area contributed by atoms with E-state index in [-0.39, 0.29) is 36.2 Å². The van der Waals surface area contributed by atoms with Crippen LogP contribution in [0.5, 0.6) is 0 Å². The van der Waals surface area contributed by atoms with Crippen LogP contribution < -0.4 is 5.32 Å². The summed E-state index contributed by atoms with van der Waals surface area (Å²) in [4.78, 5) is 21.5. The van der Waals surface area contributed by atoms with E-state index in [0.29, 0.717) is 17.9 Å². The number of amides is 1. The molecule has 0 saturated carbocycles. The standard InChI is InChI=1S/C19H25N5O3/c1-19(2,3)14(10-25)22-18(26)16-12-8-11-4-5-13(27-11)17(12)24(23-16)15-9-20-6-7-21-15/h6-7,9,11,13-14,25H,4-5,8,10H2,1-3H3,(H,22,26)/t11?,13?,14-/m1/s1. The van der Waals surface area contributed by atoms with Crippen molar-refractivity contribution in [2.24, 2.45) is 5.41 Å². The number of nitrogens with zero attached hydrogens (tertiary/aromatic N) is 4. The molecule has 4 heterocycles. The molecule has 2 aromatic heterocycles. The Hall–Kier alpha value is -2.32. The lowest BCUT2D eigenvalue weighted by molar-refractivity contribution is 0.0284. The molecule has 0 radical (unpaired) electrons. The lowest BCUT2D eigenvalue weighted by Crippen LogP contribution is -2.46. The van der Waals surface area contributed by atoms with Crippen molar-refractivity contribution in [1.82, 2.24) is 25.1 Å². The second-order valence-electron chi connectivity index (χ2n) is 8.29. The fourth-order valence-electron chi connectivity index (χ4n) is 3.80. The molecule has 1 saturated heterocycles. The van der Waals surface area contributed by atoms with E-state index in [9.17, 15) is 9.90 Å². The molecule has 2 aliphatic heterocycles. The van der Waals surface area contributed by atoms with Crippen molar-refractivity contribution >= 4 is 5.91 Å². The first-order valence-corrected chi connectivity index (χ1v) is 9.34. The van der Waals surface area contributed by atoms with Crippen molar-refractivity contribution in [3.8, 4) is 5.82 Å². The van der Waals surface area contributed by atoms with Crippen LogP contribution in [0.2, 0.25) is 0 Å². The number of ether oxygens (including phenoxy) is 1. The topological polar surface area (TPSA) is 102 Å². The lowest BCUT2D eigenvalue weighted by Gasteiger charge is -2.29. The Morgan fingerprint density at radius 1 is 1.41 bits per heavy atom. The molecule has 8 nitrogen and oxygen atoms in total. The molecular weight excluding hydrogens is 346 g/mol. The van der Waals surface area contributed by atoms with Crippen LogP contribution in [0.15, 0.2) is 18.6 Å². The molecule has 0 aromatic carbocycles. The van der Waals surface area contributed by atoms with Crippen molar-refractivity contribution in [3.05, 3.63) is 35.5 Å². The van der Waals surface area contributed by atoms with Gasteiger partial charge in [0, 0.05) is 24.4 Å². The first-order chi connectivity index (χ1) is 12.9. The highest BCUT2D eigenvalue weighted by molar-refractivity contribution is 5.94. The van der Waals surface area contributed by atoms with E-state index in [2.05, 4.69) is 20.4 Å². The van der Waals surface area contributed by atoms with Gasteiger partial charge in [-0.25, -0.2) is 9.67 Å². The number of aliphatic hydroxyl groups is 1. The molecule has 3 atom stereocenters. The van der Waals surface area contributed by atoms with Crippen LogP contribution in [-0.4, -0.2) is 49.5 Å². The average Bonchev–Trinajstić information content (AvgIpc) is 3.21. The van der Waals surface area contributed by atoms with Gasteiger partial charge in [0.2, 0.25) is 0 Å². The van der Waals surface area contributed by atoms with E-state index < -0.39 is 0 Å². The summed E-state index contributed by atoms with van der Waals surface area (Å²) in [6.07, 6.45) is 7.43. The molecule has 2 aromatic rings. The molecule has 144 valence electrons. The number of fused-ring (bicyclic) bond motifs is 4. The van der Waals surface area contributed by atoms with Crippen LogP contribution >= 0.6 is 0 Å². The number of hydrogen-bond donors (Lipinski definition) is 2. The predicted octanol–water partition coefficient (Wildman–Crippen LogP) is 1.58. The fourth-order valence-corrected chi connectivity index (χ4v) is 3.80. The summed E-state index contributed by atoms with van der Waals surface area (Å²) in [5.41, 5.74) is 1.94. The van der Waals surface area contributed by atoms with E-state index in [4.69, 9.17) is 4.74 Å². The Balaban J connectivity index is 1.75. The van der Waals surface area contributed by atoms with Gasteiger partial charge in [0.05, 0.1) is 30.6 Å². The normalized spacial score (nSPS) is 22.4. The molecule has 2 N–H and O–H groups in total. The maximum absolute atomic E-state index is 13.0. The van der Waals surface area contributed by atoms with Gasteiger partial charge in [-0.15, -0.1) is 0 Å².